The first kappa shape index (κ1) is 61.3. The summed E-state index contributed by atoms with van der Waals surface area (Å²) < 4.78 is 11.7. The molecule has 5 nitrogen and oxygen atoms in total. The molecule has 85 heavy (non-hydrogen) atoms. The Morgan fingerprint density at radius 2 is 0.859 bits per heavy atom. The topological polar surface area (TPSA) is 44.9 Å². The largest absolute Gasteiger partial charge is 2.00 e. The smallest absolute Gasteiger partial charge is 0.497 e. The molecule has 0 atom stereocenters. The van der Waals surface area contributed by atoms with Crippen LogP contribution in [-0.4, -0.2) is 19.1 Å². The Labute approximate surface area is 523 Å². The third kappa shape index (κ3) is 11.7. The normalized spacial score (nSPS) is 14.4. The third-order valence-electron chi connectivity index (χ3n) is 18.0. The summed E-state index contributed by atoms with van der Waals surface area (Å²) in [4.78, 5) is 10.9. The molecular formula is C79H88N4OPt. The Kier molecular flexibility index (Phi) is 16.7. The number of imidazole rings is 2. The van der Waals surface area contributed by atoms with Crippen molar-refractivity contribution in [2.45, 2.75) is 189 Å². The molecule has 440 valence electrons. The first-order valence-electron chi connectivity index (χ1n) is 31.1. The number of para-hydroxylation sites is 4. The first-order chi connectivity index (χ1) is 39.7. The second-order valence-corrected chi connectivity index (χ2v) is 28.8. The first-order valence-corrected chi connectivity index (χ1v) is 31.1. The Hall–Kier alpha value is -6.81. The number of aromatic nitrogens is 4. The molecule has 0 saturated heterocycles. The van der Waals surface area contributed by atoms with Gasteiger partial charge in [-0.2, -0.15) is 0 Å². The van der Waals surface area contributed by atoms with E-state index in [0.717, 1.165) is 44.8 Å². The van der Waals surface area contributed by atoms with E-state index < -0.39 is 0 Å². The van der Waals surface area contributed by atoms with Gasteiger partial charge in [0.25, 0.3) is 0 Å². The molecule has 8 aromatic carbocycles. The van der Waals surface area contributed by atoms with Crippen LogP contribution in [0.15, 0.2) is 146 Å². The number of benzene rings is 8. The molecule has 2 heterocycles. The van der Waals surface area contributed by atoms with E-state index in [1.807, 2.05) is 12.1 Å². The van der Waals surface area contributed by atoms with Gasteiger partial charge in [-0.3, -0.25) is 9.97 Å². The van der Waals surface area contributed by atoms with E-state index >= 15 is 0 Å². The maximum atomic E-state index is 6.89. The molecule has 1 aliphatic rings. The summed E-state index contributed by atoms with van der Waals surface area (Å²) in [6, 6.07) is 61.0. The number of hydrogen-bond donors (Lipinski definition) is 0. The number of nitrogens with zero attached hydrogens (tertiary/aromatic N) is 4. The van der Waals surface area contributed by atoms with E-state index in [0.29, 0.717) is 11.5 Å². The van der Waals surface area contributed by atoms with Gasteiger partial charge in [-0.15, -0.1) is 47.5 Å². The Morgan fingerprint density at radius 1 is 0.459 bits per heavy atom. The van der Waals surface area contributed by atoms with Crippen LogP contribution >= 0.6 is 0 Å². The fourth-order valence-electron chi connectivity index (χ4n) is 13.2. The Bertz CT molecular complexity index is 4040. The van der Waals surface area contributed by atoms with E-state index in [-0.39, 0.29) is 66.4 Å². The van der Waals surface area contributed by atoms with Gasteiger partial charge in [0.2, 0.25) is 0 Å². The Balaban J connectivity index is 0.00000803. The molecular weight excluding hydrogens is 1220 g/mol. The summed E-state index contributed by atoms with van der Waals surface area (Å²) in [6.45, 7) is 42.3. The molecule has 0 amide bonds. The van der Waals surface area contributed by atoms with Crippen LogP contribution in [0.1, 0.15) is 212 Å². The third-order valence-corrected chi connectivity index (χ3v) is 18.0. The molecule has 11 rings (SSSR count). The summed E-state index contributed by atoms with van der Waals surface area (Å²) in [6.07, 6.45) is 3.58. The van der Waals surface area contributed by atoms with Gasteiger partial charge in [0.15, 0.2) is 0 Å². The predicted octanol–water partition coefficient (Wildman–Crippen LogP) is 22.3. The summed E-state index contributed by atoms with van der Waals surface area (Å²) in [7, 11) is 0. The molecule has 0 saturated carbocycles. The van der Waals surface area contributed by atoms with Crippen LogP contribution in [0.25, 0.3) is 78.5 Å². The van der Waals surface area contributed by atoms with Gasteiger partial charge >= 0.3 is 21.1 Å². The summed E-state index contributed by atoms with van der Waals surface area (Å²) >= 11 is 0. The van der Waals surface area contributed by atoms with Crippen molar-refractivity contribution in [2.75, 3.05) is 0 Å². The van der Waals surface area contributed by atoms with Gasteiger partial charge in [-0.05, 0) is 173 Å². The van der Waals surface area contributed by atoms with Gasteiger partial charge in [0.05, 0.1) is 33.7 Å². The maximum Gasteiger partial charge on any atom is 2.00 e. The van der Waals surface area contributed by atoms with Gasteiger partial charge in [-0.1, -0.05) is 204 Å². The zero-order chi connectivity index (χ0) is 59.9. The molecule has 0 bridgehead atoms. The summed E-state index contributed by atoms with van der Waals surface area (Å²) in [5, 5.41) is 0. The van der Waals surface area contributed by atoms with Crippen molar-refractivity contribution in [2.24, 2.45) is 0 Å². The average Bonchev–Trinajstić information content (AvgIpc) is 3.85. The number of ether oxygens (including phenoxy) is 1. The monoisotopic (exact) mass is 1300 g/mol. The van der Waals surface area contributed by atoms with Crippen molar-refractivity contribution in [3.8, 4) is 67.9 Å². The zero-order valence-corrected chi connectivity index (χ0v) is 56.1. The minimum absolute atomic E-state index is 0. The van der Waals surface area contributed by atoms with Crippen LogP contribution < -0.4 is 4.74 Å². The zero-order valence-electron chi connectivity index (χ0n) is 53.8. The number of hydrogen-bond acceptors (Lipinski definition) is 3. The van der Waals surface area contributed by atoms with Gasteiger partial charge in [0, 0.05) is 22.9 Å². The molecule has 10 aromatic rings. The van der Waals surface area contributed by atoms with E-state index in [2.05, 4.69) is 279 Å². The van der Waals surface area contributed by atoms with Crippen LogP contribution in [0, 0.1) is 12.1 Å². The van der Waals surface area contributed by atoms with Crippen molar-refractivity contribution >= 4 is 22.1 Å². The van der Waals surface area contributed by atoms with E-state index in [1.165, 1.54) is 97.4 Å². The van der Waals surface area contributed by atoms with Crippen molar-refractivity contribution in [1.29, 1.82) is 0 Å². The summed E-state index contributed by atoms with van der Waals surface area (Å²) in [5.74, 6) is 3.67. The SMILES string of the molecule is CC(C)c1cc(-c2cc(C(C)(C)C)cc(C(C)(C)C)c2)cc(C(C)C)c1-n1c(-c2[c-]c(Oc3[c-]c(-c4nc5ccccc5n4-c4c(C(C)C)cc(-c5cccc6c5C(C)(C)CCCC6(C)C)cc4C(C)C)ccc3)ccc2)nc2ccccc21.[Pt+2]. The van der Waals surface area contributed by atoms with Gasteiger partial charge < -0.3 is 13.9 Å². The fourth-order valence-corrected chi connectivity index (χ4v) is 13.2. The van der Waals surface area contributed by atoms with Crippen molar-refractivity contribution in [3.63, 3.8) is 0 Å². The van der Waals surface area contributed by atoms with Gasteiger partial charge in [0.1, 0.15) is 0 Å². The minimum Gasteiger partial charge on any atom is -0.497 e. The predicted molar refractivity (Wildman–Crippen MR) is 355 cm³/mol. The van der Waals surface area contributed by atoms with Crippen molar-refractivity contribution in [1.82, 2.24) is 19.1 Å². The molecule has 0 radical (unpaired) electrons. The minimum atomic E-state index is -0.00144. The van der Waals surface area contributed by atoms with Crippen LogP contribution in [-0.2, 0) is 42.7 Å². The molecule has 0 aliphatic heterocycles. The fraction of sp³-hybridized carbons (Fsp3) is 0.367. The van der Waals surface area contributed by atoms with E-state index in [4.69, 9.17) is 14.7 Å². The standard InChI is InChI=1S/C79H88N4O.Pt/c1-48(2)62-43-55(54-39-57(76(9,10)11)47-58(40-54)77(12,13)14)44-63(49(3)4)72(62)82-69-35-21-19-33-67(69)80-74(82)52-27-23-29-59(41-52)84-60-30-24-28-53(42-60)75-81-68-34-20-22-36-70(68)83(75)73-64(50(5)6)45-56(46-65(73)51(7)8)61-31-25-32-66-71(61)79(17,18)38-26-37-78(66,15)16;/h19-25,27-36,39-40,43-51H,26,37-38H2,1-18H3;/q-2;+2. The number of rotatable bonds is 12. The molecule has 2 aromatic heterocycles. The summed E-state index contributed by atoms with van der Waals surface area (Å²) in [5.41, 5.74) is 24.2. The average molecular weight is 1300 g/mol. The van der Waals surface area contributed by atoms with Crippen LogP contribution in [0.2, 0.25) is 0 Å². The van der Waals surface area contributed by atoms with E-state index in [9.17, 15) is 0 Å². The maximum absolute atomic E-state index is 6.89. The second kappa shape index (κ2) is 23.1. The Morgan fingerprint density at radius 3 is 1.29 bits per heavy atom. The van der Waals surface area contributed by atoms with Crippen molar-refractivity contribution < 1.29 is 25.8 Å². The number of fused-ring (bicyclic) bond motifs is 3. The molecule has 0 fully saturated rings. The second-order valence-electron chi connectivity index (χ2n) is 28.8. The molecule has 0 spiro atoms. The van der Waals surface area contributed by atoms with E-state index in [1.54, 1.807) is 0 Å². The molecule has 0 N–H and O–H groups in total. The molecule has 0 unspecified atom stereocenters. The van der Waals surface area contributed by atoms with Gasteiger partial charge in [-0.25, -0.2) is 0 Å². The molecule has 6 heteroatoms. The van der Waals surface area contributed by atoms with Crippen LogP contribution in [0.4, 0.5) is 0 Å². The van der Waals surface area contributed by atoms with Crippen LogP contribution in [0.5, 0.6) is 11.5 Å². The van der Waals surface area contributed by atoms with Crippen molar-refractivity contribution in [3.05, 3.63) is 202 Å². The molecule has 1 aliphatic carbocycles. The quantitative estimate of drug-likeness (QED) is 0.0904. The van der Waals surface area contributed by atoms with Crippen LogP contribution in [0.3, 0.4) is 0 Å².